The lowest BCUT2D eigenvalue weighted by Crippen LogP contribution is -2.37. The Labute approximate surface area is 105 Å². The highest BCUT2D eigenvalue weighted by Crippen LogP contribution is 2.20. The quantitative estimate of drug-likeness (QED) is 0.837. The first-order valence-corrected chi connectivity index (χ1v) is 6.10. The van der Waals surface area contributed by atoms with E-state index in [1.54, 1.807) is 4.68 Å². The summed E-state index contributed by atoms with van der Waals surface area (Å²) in [5, 5.41) is 18.6. The molecule has 0 amide bonds. The maximum absolute atomic E-state index is 4.06. The Morgan fingerprint density at radius 3 is 2.89 bits per heavy atom. The number of hydrogen-bond acceptors (Lipinski definition) is 5. The highest BCUT2D eigenvalue weighted by Gasteiger charge is 2.30. The molecule has 1 aliphatic heterocycles. The van der Waals surface area contributed by atoms with Gasteiger partial charge in [-0.1, -0.05) is 23.3 Å². The van der Waals surface area contributed by atoms with Crippen LogP contribution in [-0.4, -0.2) is 38.8 Å². The third-order valence-electron chi connectivity index (χ3n) is 3.25. The molecule has 0 spiro atoms. The van der Waals surface area contributed by atoms with Crippen molar-refractivity contribution in [2.75, 3.05) is 18.4 Å². The molecule has 2 heterocycles. The SMILES string of the molecule is CC1(Nc2nnnn2-c2ccccc2)CCNC1. The molecule has 0 radical (unpaired) electrons. The van der Waals surface area contributed by atoms with Gasteiger partial charge in [-0.2, -0.15) is 4.68 Å². The number of rotatable bonds is 3. The lowest BCUT2D eigenvalue weighted by Gasteiger charge is -2.24. The number of nitrogens with one attached hydrogen (secondary N) is 2. The van der Waals surface area contributed by atoms with Crippen molar-refractivity contribution in [3.05, 3.63) is 30.3 Å². The highest BCUT2D eigenvalue weighted by atomic mass is 15.6. The van der Waals surface area contributed by atoms with Crippen molar-refractivity contribution in [2.45, 2.75) is 18.9 Å². The van der Waals surface area contributed by atoms with E-state index >= 15 is 0 Å². The van der Waals surface area contributed by atoms with Gasteiger partial charge in [0.05, 0.1) is 11.2 Å². The highest BCUT2D eigenvalue weighted by molar-refractivity contribution is 5.40. The van der Waals surface area contributed by atoms with Crippen LogP contribution in [0.4, 0.5) is 5.95 Å². The van der Waals surface area contributed by atoms with Crippen LogP contribution in [0.15, 0.2) is 30.3 Å². The lowest BCUT2D eigenvalue weighted by molar-refractivity contribution is 0.558. The zero-order valence-corrected chi connectivity index (χ0v) is 10.3. The maximum atomic E-state index is 4.06. The average molecular weight is 244 g/mol. The van der Waals surface area contributed by atoms with Crippen LogP contribution in [0.2, 0.25) is 0 Å². The molecular weight excluding hydrogens is 228 g/mol. The Morgan fingerprint density at radius 2 is 2.17 bits per heavy atom. The molecule has 0 bridgehead atoms. The van der Waals surface area contributed by atoms with Crippen LogP contribution in [0.25, 0.3) is 5.69 Å². The van der Waals surface area contributed by atoms with Gasteiger partial charge >= 0.3 is 0 Å². The molecule has 1 saturated heterocycles. The summed E-state index contributed by atoms with van der Waals surface area (Å²) < 4.78 is 1.73. The van der Waals surface area contributed by atoms with Gasteiger partial charge in [-0.15, -0.1) is 0 Å². The van der Waals surface area contributed by atoms with E-state index in [0.717, 1.165) is 25.2 Å². The Bertz CT molecular complexity index is 514. The monoisotopic (exact) mass is 244 g/mol. The summed E-state index contributed by atoms with van der Waals surface area (Å²) in [5.74, 6) is 0.687. The first-order valence-electron chi connectivity index (χ1n) is 6.10. The molecule has 94 valence electrons. The minimum Gasteiger partial charge on any atom is -0.346 e. The molecule has 2 aromatic rings. The van der Waals surface area contributed by atoms with E-state index in [1.165, 1.54) is 0 Å². The smallest absolute Gasteiger partial charge is 0.248 e. The number of anilines is 1. The van der Waals surface area contributed by atoms with E-state index in [1.807, 2.05) is 30.3 Å². The predicted octanol–water partition coefficient (Wildman–Crippen LogP) is 0.826. The molecule has 1 aromatic carbocycles. The molecule has 2 N–H and O–H groups in total. The zero-order chi connectivity index (χ0) is 12.4. The van der Waals surface area contributed by atoms with Crippen molar-refractivity contribution < 1.29 is 0 Å². The molecule has 0 aliphatic carbocycles. The zero-order valence-electron chi connectivity index (χ0n) is 10.3. The van der Waals surface area contributed by atoms with E-state index in [9.17, 15) is 0 Å². The first-order chi connectivity index (χ1) is 8.77. The van der Waals surface area contributed by atoms with Crippen molar-refractivity contribution in [1.82, 2.24) is 25.5 Å². The molecular formula is C12H16N6. The number of tetrazole rings is 1. The average Bonchev–Trinajstić information content (AvgIpc) is 3.00. The third-order valence-corrected chi connectivity index (χ3v) is 3.25. The fourth-order valence-corrected chi connectivity index (χ4v) is 2.20. The van der Waals surface area contributed by atoms with E-state index in [4.69, 9.17) is 0 Å². The second kappa shape index (κ2) is 4.38. The van der Waals surface area contributed by atoms with Crippen LogP contribution in [0.3, 0.4) is 0 Å². The van der Waals surface area contributed by atoms with Crippen LogP contribution in [0, 0.1) is 0 Å². The third kappa shape index (κ3) is 2.06. The number of hydrogen-bond donors (Lipinski definition) is 2. The molecule has 1 aliphatic rings. The fraction of sp³-hybridized carbons (Fsp3) is 0.417. The largest absolute Gasteiger partial charge is 0.346 e. The Kier molecular flexibility index (Phi) is 2.71. The Hall–Kier alpha value is -1.95. The summed E-state index contributed by atoms with van der Waals surface area (Å²) in [5.41, 5.74) is 0.973. The molecule has 1 fully saturated rings. The first kappa shape index (κ1) is 11.2. The molecule has 18 heavy (non-hydrogen) atoms. The van der Waals surface area contributed by atoms with Crippen LogP contribution in [0.5, 0.6) is 0 Å². The van der Waals surface area contributed by atoms with E-state index in [0.29, 0.717) is 5.95 Å². The van der Waals surface area contributed by atoms with E-state index in [2.05, 4.69) is 33.1 Å². The minimum atomic E-state index is 0.0151. The summed E-state index contributed by atoms with van der Waals surface area (Å²) in [7, 11) is 0. The Balaban J connectivity index is 1.88. The van der Waals surface area contributed by atoms with Crippen LogP contribution in [0.1, 0.15) is 13.3 Å². The number of nitrogens with zero attached hydrogens (tertiary/aromatic N) is 4. The minimum absolute atomic E-state index is 0.0151. The summed E-state index contributed by atoms with van der Waals surface area (Å²) in [4.78, 5) is 0. The van der Waals surface area contributed by atoms with Gasteiger partial charge in [0, 0.05) is 6.54 Å². The second-order valence-corrected chi connectivity index (χ2v) is 4.86. The molecule has 0 saturated carbocycles. The lowest BCUT2D eigenvalue weighted by atomic mass is 10.0. The van der Waals surface area contributed by atoms with Gasteiger partial charge in [0.25, 0.3) is 0 Å². The molecule has 6 heteroatoms. The summed E-state index contributed by atoms with van der Waals surface area (Å²) >= 11 is 0. The standard InChI is InChI=1S/C12H16N6/c1-12(7-8-13-9-12)14-11-15-16-17-18(11)10-5-3-2-4-6-10/h2-6,13H,7-9H2,1H3,(H,14,15,17). The molecule has 1 atom stereocenters. The van der Waals surface area contributed by atoms with Crippen molar-refractivity contribution in [3.63, 3.8) is 0 Å². The second-order valence-electron chi connectivity index (χ2n) is 4.86. The predicted molar refractivity (Wildman–Crippen MR) is 68.7 cm³/mol. The maximum Gasteiger partial charge on any atom is 0.248 e. The Morgan fingerprint density at radius 1 is 1.33 bits per heavy atom. The van der Waals surface area contributed by atoms with E-state index < -0.39 is 0 Å². The summed E-state index contributed by atoms with van der Waals surface area (Å²) in [6.07, 6.45) is 1.06. The van der Waals surface area contributed by atoms with Crippen molar-refractivity contribution in [1.29, 1.82) is 0 Å². The van der Waals surface area contributed by atoms with Gasteiger partial charge in [0.2, 0.25) is 5.95 Å². The van der Waals surface area contributed by atoms with E-state index in [-0.39, 0.29) is 5.54 Å². The van der Waals surface area contributed by atoms with Crippen LogP contribution in [-0.2, 0) is 0 Å². The van der Waals surface area contributed by atoms with Gasteiger partial charge < -0.3 is 10.6 Å². The van der Waals surface area contributed by atoms with Crippen LogP contribution >= 0.6 is 0 Å². The molecule has 3 rings (SSSR count). The van der Waals surface area contributed by atoms with Crippen molar-refractivity contribution in [2.24, 2.45) is 0 Å². The molecule has 6 nitrogen and oxygen atoms in total. The van der Waals surface area contributed by atoms with Gasteiger partial charge in [-0.25, -0.2) is 0 Å². The summed E-state index contributed by atoms with van der Waals surface area (Å²) in [6.45, 7) is 4.13. The van der Waals surface area contributed by atoms with Gasteiger partial charge in [0.15, 0.2) is 0 Å². The van der Waals surface area contributed by atoms with Gasteiger partial charge in [-0.3, -0.25) is 0 Å². The normalized spacial score (nSPS) is 23.2. The van der Waals surface area contributed by atoms with Gasteiger partial charge in [0.1, 0.15) is 0 Å². The fourth-order valence-electron chi connectivity index (χ4n) is 2.20. The molecule has 1 unspecified atom stereocenters. The van der Waals surface area contributed by atoms with Crippen molar-refractivity contribution >= 4 is 5.95 Å². The number of para-hydroxylation sites is 1. The summed E-state index contributed by atoms with van der Waals surface area (Å²) in [6, 6.07) is 9.88. The topological polar surface area (TPSA) is 67.7 Å². The number of benzene rings is 1. The molecule has 1 aromatic heterocycles. The van der Waals surface area contributed by atoms with Gasteiger partial charge in [-0.05, 0) is 42.4 Å². The van der Waals surface area contributed by atoms with Crippen molar-refractivity contribution in [3.8, 4) is 5.69 Å². The van der Waals surface area contributed by atoms with Crippen LogP contribution < -0.4 is 10.6 Å². The number of aromatic nitrogens is 4.